The molecule has 25 heavy (non-hydrogen) atoms. The number of nitrogens with one attached hydrogen (secondary N) is 1. The molecule has 0 spiro atoms. The molecule has 1 aliphatic carbocycles. The number of rotatable bonds is 4. The maximum Gasteiger partial charge on any atom is 0.317 e. The average Bonchev–Trinajstić information content (AvgIpc) is 2.83. The van der Waals surface area contributed by atoms with E-state index in [4.69, 9.17) is 0 Å². The van der Waals surface area contributed by atoms with Crippen LogP contribution in [0.15, 0.2) is 0 Å². The monoisotopic (exact) mass is 348 g/mol. The molecule has 6 nitrogen and oxygen atoms in total. The summed E-state index contributed by atoms with van der Waals surface area (Å²) < 4.78 is 1.92. The Hall–Kier alpha value is -1.56. The zero-order valence-electron chi connectivity index (χ0n) is 15.8. The number of aryl methyl sites for hydroxylation is 2. The van der Waals surface area contributed by atoms with Crippen LogP contribution in [0.1, 0.15) is 55.5 Å². The van der Waals surface area contributed by atoms with E-state index in [9.17, 15) is 9.90 Å². The number of hydrogen-bond donors (Lipinski definition) is 2. The van der Waals surface area contributed by atoms with Crippen molar-refractivity contribution in [1.29, 1.82) is 0 Å². The van der Waals surface area contributed by atoms with Crippen molar-refractivity contribution in [3.8, 4) is 0 Å². The van der Waals surface area contributed by atoms with E-state index in [1.807, 2.05) is 23.6 Å². The summed E-state index contributed by atoms with van der Waals surface area (Å²) in [5.41, 5.74) is 3.06. The minimum absolute atomic E-state index is 0.0206. The first-order valence-electron chi connectivity index (χ1n) is 9.65. The quantitative estimate of drug-likeness (QED) is 0.820. The number of carbonyl (C=O) groups excluding carboxylic acids is 1. The van der Waals surface area contributed by atoms with Crippen molar-refractivity contribution in [3.05, 3.63) is 17.0 Å². The molecule has 2 aliphatic rings. The molecule has 0 radical (unpaired) electrons. The Labute approximate surface area is 150 Å². The minimum atomic E-state index is -0.523. The lowest BCUT2D eigenvalue weighted by Crippen LogP contribution is -2.56. The maximum absolute atomic E-state index is 12.4. The van der Waals surface area contributed by atoms with E-state index >= 15 is 0 Å². The topological polar surface area (TPSA) is 70.4 Å². The summed E-state index contributed by atoms with van der Waals surface area (Å²) in [6, 6.07) is 0.0206. The van der Waals surface area contributed by atoms with E-state index in [-0.39, 0.29) is 11.9 Å². The van der Waals surface area contributed by atoms with Gasteiger partial charge >= 0.3 is 6.03 Å². The van der Waals surface area contributed by atoms with E-state index in [0.717, 1.165) is 44.2 Å². The van der Waals surface area contributed by atoms with Crippen molar-refractivity contribution in [2.24, 2.45) is 13.0 Å². The molecule has 3 rings (SSSR count). The predicted octanol–water partition coefficient (Wildman–Crippen LogP) is 2.31. The van der Waals surface area contributed by atoms with Crippen molar-refractivity contribution in [1.82, 2.24) is 20.0 Å². The van der Waals surface area contributed by atoms with Crippen LogP contribution in [0.2, 0.25) is 0 Å². The number of aromatic nitrogens is 2. The van der Waals surface area contributed by atoms with Gasteiger partial charge in [-0.15, -0.1) is 0 Å². The molecule has 2 heterocycles. The van der Waals surface area contributed by atoms with Crippen LogP contribution in [-0.4, -0.2) is 51.1 Å². The summed E-state index contributed by atoms with van der Waals surface area (Å²) >= 11 is 0. The number of nitrogens with zero attached hydrogens (tertiary/aromatic N) is 3. The van der Waals surface area contributed by atoms with Gasteiger partial charge in [0.15, 0.2) is 0 Å². The summed E-state index contributed by atoms with van der Waals surface area (Å²) in [6.07, 6.45) is 6.81. The smallest absolute Gasteiger partial charge is 0.317 e. The molecular formula is C19H32N4O2. The SMILES string of the molecule is Cc1nn(C)c(C)c1CCCNC(=O)N1CCC2(O)CCCCC2C1. The Morgan fingerprint density at radius 1 is 1.36 bits per heavy atom. The third-order valence-electron chi connectivity index (χ3n) is 6.25. The van der Waals surface area contributed by atoms with Crippen LogP contribution in [0.25, 0.3) is 0 Å². The van der Waals surface area contributed by atoms with Crippen molar-refractivity contribution in [3.63, 3.8) is 0 Å². The van der Waals surface area contributed by atoms with Crippen LogP contribution in [0.5, 0.6) is 0 Å². The normalized spacial score (nSPS) is 26.4. The second-order valence-electron chi connectivity index (χ2n) is 7.85. The Balaban J connectivity index is 1.44. The summed E-state index contributed by atoms with van der Waals surface area (Å²) in [6.45, 7) is 6.17. The van der Waals surface area contributed by atoms with Crippen LogP contribution >= 0.6 is 0 Å². The standard InChI is InChI=1S/C19H32N4O2/c1-14-17(15(2)22(3)21-14)8-6-11-20-18(24)23-12-10-19(25)9-5-4-7-16(19)13-23/h16,25H,4-13H2,1-3H3,(H,20,24). The Morgan fingerprint density at radius 3 is 2.88 bits per heavy atom. The Kier molecular flexibility index (Phi) is 5.37. The van der Waals surface area contributed by atoms with Gasteiger partial charge in [-0.3, -0.25) is 4.68 Å². The number of likely N-dealkylation sites (tertiary alicyclic amines) is 1. The molecule has 140 valence electrons. The number of amides is 2. The molecule has 2 unspecified atom stereocenters. The minimum Gasteiger partial charge on any atom is -0.389 e. The first-order chi connectivity index (χ1) is 11.9. The van der Waals surface area contributed by atoms with E-state index in [1.165, 1.54) is 17.7 Å². The third kappa shape index (κ3) is 3.84. The number of fused-ring (bicyclic) bond motifs is 1. The molecule has 6 heteroatoms. The summed E-state index contributed by atoms with van der Waals surface area (Å²) in [4.78, 5) is 14.3. The van der Waals surface area contributed by atoms with E-state index < -0.39 is 5.60 Å². The zero-order valence-corrected chi connectivity index (χ0v) is 15.8. The predicted molar refractivity (Wildman–Crippen MR) is 97.5 cm³/mol. The van der Waals surface area contributed by atoms with Crippen molar-refractivity contribution in [2.45, 2.75) is 64.4 Å². The van der Waals surface area contributed by atoms with Crippen molar-refractivity contribution < 1.29 is 9.90 Å². The molecule has 0 bridgehead atoms. The van der Waals surface area contributed by atoms with Gasteiger partial charge in [0.1, 0.15) is 0 Å². The maximum atomic E-state index is 12.4. The van der Waals surface area contributed by atoms with Crippen LogP contribution in [-0.2, 0) is 13.5 Å². The molecular weight excluding hydrogens is 316 g/mol. The first kappa shape index (κ1) is 18.2. The summed E-state index contributed by atoms with van der Waals surface area (Å²) in [5, 5.41) is 18.2. The summed E-state index contributed by atoms with van der Waals surface area (Å²) in [5.74, 6) is 0.251. The molecule has 1 aliphatic heterocycles. The van der Waals surface area contributed by atoms with Gasteiger partial charge in [-0.25, -0.2) is 4.79 Å². The van der Waals surface area contributed by atoms with Crippen LogP contribution < -0.4 is 5.32 Å². The lowest BCUT2D eigenvalue weighted by Gasteiger charge is -2.47. The highest BCUT2D eigenvalue weighted by Crippen LogP contribution is 2.39. The molecule has 1 aromatic rings. The Morgan fingerprint density at radius 2 is 2.16 bits per heavy atom. The highest BCUT2D eigenvalue weighted by molar-refractivity contribution is 5.74. The molecule has 2 amide bonds. The fourth-order valence-corrected chi connectivity index (χ4v) is 4.51. The van der Waals surface area contributed by atoms with E-state index in [1.54, 1.807) is 0 Å². The number of urea groups is 1. The van der Waals surface area contributed by atoms with Gasteiger partial charge < -0.3 is 15.3 Å². The molecule has 1 saturated heterocycles. The van der Waals surface area contributed by atoms with Crippen molar-refractivity contribution in [2.75, 3.05) is 19.6 Å². The van der Waals surface area contributed by atoms with E-state index in [0.29, 0.717) is 19.6 Å². The van der Waals surface area contributed by atoms with Crippen LogP contribution in [0.4, 0.5) is 4.79 Å². The number of aliphatic hydroxyl groups is 1. The van der Waals surface area contributed by atoms with Gasteiger partial charge in [0.05, 0.1) is 11.3 Å². The van der Waals surface area contributed by atoms with Gasteiger partial charge in [0, 0.05) is 38.3 Å². The molecule has 2 fully saturated rings. The Bertz CT molecular complexity index is 627. The molecule has 1 aromatic heterocycles. The van der Waals surface area contributed by atoms with Gasteiger partial charge in [-0.05, 0) is 51.5 Å². The second-order valence-corrected chi connectivity index (χ2v) is 7.85. The number of piperidine rings is 1. The fraction of sp³-hybridized carbons (Fsp3) is 0.789. The van der Waals surface area contributed by atoms with Crippen LogP contribution in [0.3, 0.4) is 0 Å². The van der Waals surface area contributed by atoms with E-state index in [2.05, 4.69) is 17.3 Å². The third-order valence-corrected chi connectivity index (χ3v) is 6.25. The van der Waals surface area contributed by atoms with Gasteiger partial charge in [0.25, 0.3) is 0 Å². The molecule has 2 atom stereocenters. The largest absolute Gasteiger partial charge is 0.389 e. The van der Waals surface area contributed by atoms with Crippen molar-refractivity contribution >= 4 is 6.03 Å². The summed E-state index contributed by atoms with van der Waals surface area (Å²) in [7, 11) is 1.97. The van der Waals surface area contributed by atoms with Gasteiger partial charge in [-0.2, -0.15) is 5.10 Å². The van der Waals surface area contributed by atoms with Crippen LogP contribution in [0, 0.1) is 19.8 Å². The number of carbonyl (C=O) groups is 1. The second kappa shape index (κ2) is 7.36. The van der Waals surface area contributed by atoms with Gasteiger partial charge in [0.2, 0.25) is 0 Å². The highest BCUT2D eigenvalue weighted by atomic mass is 16.3. The molecule has 0 aromatic carbocycles. The zero-order chi connectivity index (χ0) is 18.0. The molecule has 2 N–H and O–H groups in total. The molecule has 1 saturated carbocycles. The fourth-order valence-electron chi connectivity index (χ4n) is 4.51. The first-order valence-corrected chi connectivity index (χ1v) is 9.65. The number of hydrogen-bond acceptors (Lipinski definition) is 3. The average molecular weight is 348 g/mol. The highest BCUT2D eigenvalue weighted by Gasteiger charge is 2.43. The van der Waals surface area contributed by atoms with Gasteiger partial charge in [-0.1, -0.05) is 12.8 Å². The lowest BCUT2D eigenvalue weighted by molar-refractivity contribution is -0.0870. The lowest BCUT2D eigenvalue weighted by atomic mass is 9.71.